The van der Waals surface area contributed by atoms with Crippen LogP contribution in [0.3, 0.4) is 0 Å². The van der Waals surface area contributed by atoms with E-state index < -0.39 is 0 Å². The van der Waals surface area contributed by atoms with Crippen molar-refractivity contribution in [3.05, 3.63) is 56.3 Å². The van der Waals surface area contributed by atoms with Crippen LogP contribution in [-0.2, 0) is 12.2 Å². The van der Waals surface area contributed by atoms with E-state index in [1.807, 2.05) is 23.1 Å². The van der Waals surface area contributed by atoms with Gasteiger partial charge in [-0.05, 0) is 43.2 Å². The summed E-state index contributed by atoms with van der Waals surface area (Å²) in [6.45, 7) is 4.28. The largest absolute Gasteiger partial charge is 0.271 e. The van der Waals surface area contributed by atoms with Gasteiger partial charge in [-0.2, -0.15) is 11.8 Å². The fourth-order valence-electron chi connectivity index (χ4n) is 2.83. The average Bonchev–Trinajstić information content (AvgIpc) is 2.81. The third kappa shape index (κ3) is 2.79. The summed E-state index contributed by atoms with van der Waals surface area (Å²) >= 11 is 3.94. The highest BCUT2D eigenvalue weighted by Gasteiger charge is 2.20. The van der Waals surface area contributed by atoms with E-state index in [0.29, 0.717) is 0 Å². The summed E-state index contributed by atoms with van der Waals surface area (Å²) in [4.78, 5) is 2.88. The SMILES string of the molecule is Cc1cc(C)cc(C(NN)c2cc3c(s2)CCSC3)c1. The number of nitrogens with one attached hydrogen (secondary N) is 1. The second-order valence-corrected chi connectivity index (χ2v) is 7.69. The number of rotatable bonds is 3. The number of hydrazine groups is 1. The van der Waals surface area contributed by atoms with Crippen molar-refractivity contribution >= 4 is 23.1 Å². The van der Waals surface area contributed by atoms with E-state index in [-0.39, 0.29) is 6.04 Å². The highest BCUT2D eigenvalue weighted by atomic mass is 32.2. The highest BCUT2D eigenvalue weighted by molar-refractivity contribution is 7.98. The molecule has 2 heterocycles. The molecule has 0 amide bonds. The lowest BCUT2D eigenvalue weighted by atomic mass is 10.0. The number of thiophene rings is 1. The van der Waals surface area contributed by atoms with Crippen LogP contribution in [0.15, 0.2) is 24.3 Å². The maximum Gasteiger partial charge on any atom is 0.0802 e. The molecule has 1 aromatic carbocycles. The Morgan fingerprint density at radius 3 is 2.55 bits per heavy atom. The third-order valence-electron chi connectivity index (χ3n) is 3.68. The first kappa shape index (κ1) is 14.1. The zero-order valence-corrected chi connectivity index (χ0v) is 13.5. The smallest absolute Gasteiger partial charge is 0.0802 e. The van der Waals surface area contributed by atoms with E-state index >= 15 is 0 Å². The lowest BCUT2D eigenvalue weighted by Gasteiger charge is -2.16. The van der Waals surface area contributed by atoms with E-state index in [9.17, 15) is 0 Å². The Bertz CT molecular complexity index is 575. The van der Waals surface area contributed by atoms with Crippen molar-refractivity contribution in [2.45, 2.75) is 32.1 Å². The van der Waals surface area contributed by atoms with Crippen molar-refractivity contribution < 1.29 is 0 Å². The van der Waals surface area contributed by atoms with Gasteiger partial charge in [-0.3, -0.25) is 5.84 Å². The summed E-state index contributed by atoms with van der Waals surface area (Å²) in [6, 6.07) is 9.10. The minimum absolute atomic E-state index is 0.106. The summed E-state index contributed by atoms with van der Waals surface area (Å²) in [5.74, 6) is 8.24. The maximum absolute atomic E-state index is 5.85. The molecule has 2 aromatic rings. The van der Waals surface area contributed by atoms with Gasteiger partial charge in [-0.25, -0.2) is 5.43 Å². The molecule has 4 heteroatoms. The lowest BCUT2D eigenvalue weighted by molar-refractivity contribution is 0.645. The maximum atomic E-state index is 5.85. The quantitative estimate of drug-likeness (QED) is 0.670. The predicted octanol–water partition coefficient (Wildman–Crippen LogP) is 3.71. The molecule has 0 saturated heterocycles. The molecule has 0 bridgehead atoms. The van der Waals surface area contributed by atoms with Crippen molar-refractivity contribution in [3.8, 4) is 0 Å². The Balaban J connectivity index is 1.98. The van der Waals surface area contributed by atoms with Crippen LogP contribution in [0.2, 0.25) is 0 Å². The Morgan fingerprint density at radius 1 is 1.15 bits per heavy atom. The number of benzene rings is 1. The van der Waals surface area contributed by atoms with E-state index in [1.54, 1.807) is 4.88 Å². The van der Waals surface area contributed by atoms with Crippen LogP contribution in [0.4, 0.5) is 0 Å². The summed E-state index contributed by atoms with van der Waals surface area (Å²) in [5.41, 5.74) is 8.35. The Kier molecular flexibility index (Phi) is 4.17. The molecular formula is C16H20N2S2. The molecule has 1 aliphatic heterocycles. The van der Waals surface area contributed by atoms with Crippen LogP contribution in [-0.4, -0.2) is 5.75 Å². The fraction of sp³-hybridized carbons (Fsp3) is 0.375. The molecule has 0 radical (unpaired) electrons. The van der Waals surface area contributed by atoms with Gasteiger partial charge in [0.25, 0.3) is 0 Å². The first-order valence-electron chi connectivity index (χ1n) is 6.91. The van der Waals surface area contributed by atoms with E-state index in [4.69, 9.17) is 5.84 Å². The first-order chi connectivity index (χ1) is 9.67. The van der Waals surface area contributed by atoms with E-state index in [2.05, 4.69) is 43.5 Å². The van der Waals surface area contributed by atoms with Crippen molar-refractivity contribution in [2.75, 3.05) is 5.75 Å². The summed E-state index contributed by atoms with van der Waals surface area (Å²) in [6.07, 6.45) is 1.20. The number of hydrogen-bond donors (Lipinski definition) is 2. The van der Waals surface area contributed by atoms with Gasteiger partial charge in [0.2, 0.25) is 0 Å². The van der Waals surface area contributed by atoms with Gasteiger partial charge in [0.05, 0.1) is 6.04 Å². The minimum atomic E-state index is 0.106. The Morgan fingerprint density at radius 2 is 1.90 bits per heavy atom. The molecular weight excluding hydrogens is 284 g/mol. The van der Waals surface area contributed by atoms with Crippen LogP contribution in [0.25, 0.3) is 0 Å². The standard InChI is InChI=1S/C16H20N2S2/c1-10-5-11(2)7-12(6-10)16(18-17)15-8-13-9-19-4-3-14(13)20-15/h5-8,16,18H,3-4,9,17H2,1-2H3. The van der Waals surface area contributed by atoms with Crippen molar-refractivity contribution in [2.24, 2.45) is 5.84 Å². The minimum Gasteiger partial charge on any atom is -0.271 e. The Hall–Kier alpha value is -0.810. The molecule has 0 fully saturated rings. The van der Waals surface area contributed by atoms with Crippen LogP contribution >= 0.6 is 23.1 Å². The van der Waals surface area contributed by atoms with Crippen molar-refractivity contribution in [1.29, 1.82) is 0 Å². The average molecular weight is 304 g/mol. The van der Waals surface area contributed by atoms with Gasteiger partial charge in [-0.15, -0.1) is 11.3 Å². The molecule has 1 unspecified atom stereocenters. The molecule has 0 aliphatic carbocycles. The van der Waals surface area contributed by atoms with E-state index in [0.717, 1.165) is 5.75 Å². The van der Waals surface area contributed by atoms with Gasteiger partial charge in [-0.1, -0.05) is 29.3 Å². The normalized spacial score (nSPS) is 15.9. The molecule has 1 aliphatic rings. The summed E-state index contributed by atoms with van der Waals surface area (Å²) in [5, 5.41) is 0. The van der Waals surface area contributed by atoms with Crippen LogP contribution < -0.4 is 11.3 Å². The van der Waals surface area contributed by atoms with Crippen LogP contribution in [0.1, 0.15) is 38.0 Å². The zero-order chi connectivity index (χ0) is 14.1. The molecule has 3 N–H and O–H groups in total. The highest BCUT2D eigenvalue weighted by Crippen LogP contribution is 2.36. The van der Waals surface area contributed by atoms with Crippen molar-refractivity contribution in [3.63, 3.8) is 0 Å². The number of aryl methyl sites for hydroxylation is 3. The molecule has 0 saturated carbocycles. The fourth-order valence-corrected chi connectivity index (χ4v) is 5.30. The number of thioether (sulfide) groups is 1. The van der Waals surface area contributed by atoms with Crippen molar-refractivity contribution in [1.82, 2.24) is 5.43 Å². The van der Waals surface area contributed by atoms with Gasteiger partial charge >= 0.3 is 0 Å². The zero-order valence-electron chi connectivity index (χ0n) is 11.9. The molecule has 0 spiro atoms. The monoisotopic (exact) mass is 304 g/mol. The third-order valence-corrected chi connectivity index (χ3v) is 5.99. The van der Waals surface area contributed by atoms with Gasteiger partial charge in [0.15, 0.2) is 0 Å². The van der Waals surface area contributed by atoms with Crippen LogP contribution in [0.5, 0.6) is 0 Å². The predicted molar refractivity (Wildman–Crippen MR) is 89.3 cm³/mol. The molecule has 1 aromatic heterocycles. The Labute approximate surface area is 128 Å². The summed E-state index contributed by atoms with van der Waals surface area (Å²) in [7, 11) is 0. The van der Waals surface area contributed by atoms with E-state index in [1.165, 1.54) is 39.3 Å². The van der Waals surface area contributed by atoms with Crippen LogP contribution in [0, 0.1) is 13.8 Å². The van der Waals surface area contributed by atoms with Gasteiger partial charge in [0, 0.05) is 15.5 Å². The second kappa shape index (κ2) is 5.90. The molecule has 3 rings (SSSR count). The van der Waals surface area contributed by atoms with Gasteiger partial charge < -0.3 is 0 Å². The topological polar surface area (TPSA) is 38.0 Å². The molecule has 1 atom stereocenters. The number of hydrogen-bond acceptors (Lipinski definition) is 4. The number of fused-ring (bicyclic) bond motifs is 1. The molecule has 2 nitrogen and oxygen atoms in total. The summed E-state index contributed by atoms with van der Waals surface area (Å²) < 4.78 is 0. The number of nitrogens with two attached hydrogens (primary N) is 1. The van der Waals surface area contributed by atoms with Gasteiger partial charge in [0.1, 0.15) is 0 Å². The lowest BCUT2D eigenvalue weighted by Crippen LogP contribution is -2.28. The molecule has 106 valence electrons. The second-order valence-electron chi connectivity index (χ2n) is 5.42. The molecule has 20 heavy (non-hydrogen) atoms. The first-order valence-corrected chi connectivity index (χ1v) is 8.88.